The zero-order chi connectivity index (χ0) is 12.3. The zero-order valence-electron chi connectivity index (χ0n) is 10.1. The van der Waals surface area contributed by atoms with Gasteiger partial charge in [-0.1, -0.05) is 6.08 Å². The minimum atomic E-state index is -4.15. The number of nitrogens with zero attached hydrogens (tertiary/aromatic N) is 2. The van der Waals surface area contributed by atoms with Crippen molar-refractivity contribution >= 4 is 10.1 Å². The van der Waals surface area contributed by atoms with Crippen LogP contribution in [0.15, 0.2) is 48.3 Å². The Kier molecular flexibility index (Phi) is 5.59. The van der Waals surface area contributed by atoms with Crippen LogP contribution in [-0.4, -0.2) is 23.3 Å². The minimum Gasteiger partial charge on any atom is -0.748 e. The fourth-order valence-electron chi connectivity index (χ4n) is 1.54. The molecule has 90 valence electrons. The molecule has 0 aliphatic heterocycles. The first-order valence-electron chi connectivity index (χ1n) is 5.13. The van der Waals surface area contributed by atoms with Crippen LogP contribution in [0.25, 0.3) is 0 Å². The third-order valence-electron chi connectivity index (χ3n) is 2.36. The second-order valence-electron chi connectivity index (χ2n) is 3.78. The van der Waals surface area contributed by atoms with Crippen LogP contribution < -0.4 is 34.1 Å². The molecule has 1 aliphatic carbocycles. The van der Waals surface area contributed by atoms with Crippen LogP contribution in [0.1, 0.15) is 0 Å². The molecule has 0 N–H and O–H groups in total. The fourth-order valence-corrected chi connectivity index (χ4v) is 1.98. The van der Waals surface area contributed by atoms with Gasteiger partial charge >= 0.3 is 29.6 Å². The first kappa shape index (κ1) is 15.4. The number of rotatable bonds is 5. The van der Waals surface area contributed by atoms with Gasteiger partial charge in [-0.05, 0) is 12.2 Å². The van der Waals surface area contributed by atoms with E-state index in [-0.39, 0.29) is 41.9 Å². The van der Waals surface area contributed by atoms with Crippen LogP contribution in [0, 0.1) is 0 Å². The Balaban J connectivity index is 0.00000162. The maximum atomic E-state index is 10.5. The summed E-state index contributed by atoms with van der Waals surface area (Å²) in [6.45, 7) is 0.869. The summed E-state index contributed by atoms with van der Waals surface area (Å²) in [5, 5.41) is 0. The van der Waals surface area contributed by atoms with Crippen LogP contribution in [0.5, 0.6) is 0 Å². The molecule has 0 spiro atoms. The van der Waals surface area contributed by atoms with Crippen LogP contribution in [-0.2, 0) is 23.2 Å². The van der Waals surface area contributed by atoms with Gasteiger partial charge in [0.1, 0.15) is 25.5 Å². The molecule has 5 nitrogen and oxygen atoms in total. The topological polar surface area (TPSA) is 66.0 Å². The number of hydrogen-bond donors (Lipinski definition) is 0. The van der Waals surface area contributed by atoms with E-state index in [4.69, 9.17) is 0 Å². The number of aromatic nitrogens is 2. The quantitative estimate of drug-likeness (QED) is 0.249. The second kappa shape index (κ2) is 6.52. The Labute approximate surface area is 128 Å². The largest absolute Gasteiger partial charge is 1.00 e. The molecule has 7 heteroatoms. The Hall–Kier alpha value is -0.620. The van der Waals surface area contributed by atoms with Gasteiger partial charge in [0, 0.05) is 5.57 Å². The van der Waals surface area contributed by atoms with Crippen LogP contribution >= 0.6 is 0 Å². The first-order chi connectivity index (χ1) is 8.03. The third kappa shape index (κ3) is 4.94. The predicted molar refractivity (Wildman–Crippen MR) is 59.9 cm³/mol. The molecule has 1 aliphatic rings. The van der Waals surface area contributed by atoms with E-state index in [0.717, 1.165) is 5.57 Å². The Morgan fingerprint density at radius 2 is 2.22 bits per heavy atom. The molecular weight excluding hydrogens is 263 g/mol. The molecular formula is C11H12N2NaO3S+. The summed E-state index contributed by atoms with van der Waals surface area (Å²) in [5.74, 6) is -0.385. The summed E-state index contributed by atoms with van der Waals surface area (Å²) >= 11 is 0. The van der Waals surface area contributed by atoms with Crippen LogP contribution in [0.2, 0.25) is 0 Å². The summed E-state index contributed by atoms with van der Waals surface area (Å²) in [6.07, 6.45) is 11.1. The van der Waals surface area contributed by atoms with Gasteiger partial charge < -0.3 is 4.55 Å². The molecule has 0 bridgehead atoms. The van der Waals surface area contributed by atoms with Gasteiger partial charge in [0.25, 0.3) is 0 Å². The van der Waals surface area contributed by atoms with Crippen LogP contribution in [0.4, 0.5) is 0 Å². The molecule has 1 aromatic rings. The van der Waals surface area contributed by atoms with E-state index < -0.39 is 10.1 Å². The standard InChI is InChI=1S/C11H12N2O3S.Na/c14-17(15,16)8-7-12-5-6-13(10-12)9-11-3-1-2-4-11;/h1-3,5-6,10H,7-9H2;/q;+1. The summed E-state index contributed by atoms with van der Waals surface area (Å²) in [6, 6.07) is 0. The van der Waals surface area contributed by atoms with Crippen molar-refractivity contribution in [2.45, 2.75) is 13.1 Å². The van der Waals surface area contributed by atoms with Gasteiger partial charge in [-0.3, -0.25) is 0 Å². The first-order valence-corrected chi connectivity index (χ1v) is 6.71. The summed E-state index contributed by atoms with van der Waals surface area (Å²) in [4.78, 5) is 0. The van der Waals surface area contributed by atoms with E-state index in [9.17, 15) is 13.0 Å². The normalized spacial score (nSPS) is 13.5. The Morgan fingerprint density at radius 1 is 1.44 bits per heavy atom. The van der Waals surface area contributed by atoms with Gasteiger partial charge in [0.05, 0.1) is 15.9 Å². The van der Waals surface area contributed by atoms with Gasteiger partial charge in [0.2, 0.25) is 6.33 Å². The van der Waals surface area contributed by atoms with E-state index in [2.05, 4.69) is 5.73 Å². The van der Waals surface area contributed by atoms with E-state index in [1.54, 1.807) is 17.1 Å². The van der Waals surface area contributed by atoms with Crippen molar-refractivity contribution < 1.29 is 47.1 Å². The van der Waals surface area contributed by atoms with Crippen molar-refractivity contribution in [2.24, 2.45) is 0 Å². The van der Waals surface area contributed by atoms with Gasteiger partial charge in [0.15, 0.2) is 0 Å². The maximum absolute atomic E-state index is 10.5. The van der Waals surface area contributed by atoms with Crippen LogP contribution in [0.3, 0.4) is 0 Å². The number of imidazole rings is 1. The summed E-state index contributed by atoms with van der Waals surface area (Å²) < 4.78 is 35.0. The molecule has 2 rings (SSSR count). The zero-order valence-corrected chi connectivity index (χ0v) is 12.9. The molecule has 0 aromatic carbocycles. The maximum Gasteiger partial charge on any atom is 1.00 e. The van der Waals surface area contributed by atoms with Crippen molar-refractivity contribution in [3.05, 3.63) is 48.3 Å². The second-order valence-corrected chi connectivity index (χ2v) is 5.30. The van der Waals surface area contributed by atoms with Crippen molar-refractivity contribution in [1.82, 2.24) is 4.57 Å². The van der Waals surface area contributed by atoms with Gasteiger partial charge in [-0.2, -0.15) is 0 Å². The molecule has 0 atom stereocenters. The van der Waals surface area contributed by atoms with Crippen molar-refractivity contribution in [2.75, 3.05) is 5.75 Å². The van der Waals surface area contributed by atoms with E-state index in [0.29, 0.717) is 6.54 Å². The number of hydrogen-bond acceptors (Lipinski definition) is 3. The average Bonchev–Trinajstić information content (AvgIpc) is 2.86. The van der Waals surface area contributed by atoms with E-state index in [1.807, 2.05) is 29.0 Å². The van der Waals surface area contributed by atoms with E-state index >= 15 is 0 Å². The molecule has 0 saturated heterocycles. The monoisotopic (exact) mass is 275 g/mol. The fraction of sp³-hybridized carbons (Fsp3) is 0.273. The molecule has 18 heavy (non-hydrogen) atoms. The Bertz CT molecular complexity index is 610. The predicted octanol–water partition coefficient (Wildman–Crippen LogP) is -3.02. The van der Waals surface area contributed by atoms with Crippen molar-refractivity contribution in [3.8, 4) is 0 Å². The van der Waals surface area contributed by atoms with Crippen molar-refractivity contribution in [1.29, 1.82) is 0 Å². The number of aryl methyl sites for hydroxylation is 1. The number of allylic oxidation sites excluding steroid dienone is 3. The summed E-state index contributed by atoms with van der Waals surface area (Å²) in [7, 11) is -4.15. The van der Waals surface area contributed by atoms with E-state index in [1.165, 1.54) is 0 Å². The molecule has 0 saturated carbocycles. The molecule has 1 aromatic heterocycles. The SMILES string of the molecule is O=S(=O)([O-])CCn1cc[n+](CC2=C=CC=C2)c1.[Na+]. The molecule has 0 radical (unpaired) electrons. The van der Waals surface area contributed by atoms with Gasteiger partial charge in [-0.15, -0.1) is 5.73 Å². The smallest absolute Gasteiger partial charge is 0.748 e. The third-order valence-corrected chi connectivity index (χ3v) is 3.04. The van der Waals surface area contributed by atoms with Gasteiger partial charge in [-0.25, -0.2) is 17.6 Å². The summed E-state index contributed by atoms with van der Waals surface area (Å²) in [5.41, 5.74) is 4.13. The molecule has 1 heterocycles. The molecule has 0 amide bonds. The average molecular weight is 275 g/mol. The Morgan fingerprint density at radius 3 is 2.83 bits per heavy atom. The molecule has 0 fully saturated rings. The molecule has 0 unspecified atom stereocenters. The minimum absolute atomic E-state index is 0. The van der Waals surface area contributed by atoms with Crippen molar-refractivity contribution in [3.63, 3.8) is 0 Å².